The third kappa shape index (κ3) is 3.09. The summed E-state index contributed by atoms with van der Waals surface area (Å²) in [6.45, 7) is 1.83. The Morgan fingerprint density at radius 1 is 1.20 bits per heavy atom. The number of aromatic nitrogens is 2. The standard InChI is InChI=1S/C15H17IN4/c16-12-5-3-11(4-6-12)14-7-8-18-15(19-14)20-9-1-2-13(17)10-20/h3-8,13H,1-2,9-10,17H2. The number of hydrogen-bond acceptors (Lipinski definition) is 4. The lowest BCUT2D eigenvalue weighted by molar-refractivity contribution is 0.500. The van der Waals surface area contributed by atoms with E-state index in [4.69, 9.17) is 5.73 Å². The molecule has 0 aliphatic carbocycles. The van der Waals surface area contributed by atoms with Gasteiger partial charge in [-0.25, -0.2) is 9.97 Å². The summed E-state index contributed by atoms with van der Waals surface area (Å²) in [7, 11) is 0. The maximum absolute atomic E-state index is 6.03. The van der Waals surface area contributed by atoms with Crippen molar-refractivity contribution in [1.29, 1.82) is 0 Å². The molecule has 0 radical (unpaired) electrons. The number of halogens is 1. The van der Waals surface area contributed by atoms with E-state index in [1.54, 1.807) is 0 Å². The predicted octanol–water partition coefficient (Wildman–Crippen LogP) is 2.68. The number of anilines is 1. The highest BCUT2D eigenvalue weighted by atomic mass is 127. The van der Waals surface area contributed by atoms with E-state index in [1.165, 1.54) is 3.57 Å². The zero-order chi connectivity index (χ0) is 13.9. The van der Waals surface area contributed by atoms with Crippen LogP contribution in [0.3, 0.4) is 0 Å². The first kappa shape index (κ1) is 13.8. The van der Waals surface area contributed by atoms with Gasteiger partial charge < -0.3 is 10.6 Å². The molecule has 1 saturated heterocycles. The predicted molar refractivity (Wildman–Crippen MR) is 89.6 cm³/mol. The molecule has 2 aromatic rings. The molecule has 5 heteroatoms. The zero-order valence-corrected chi connectivity index (χ0v) is 13.3. The molecule has 3 rings (SSSR count). The van der Waals surface area contributed by atoms with Crippen molar-refractivity contribution < 1.29 is 0 Å². The first-order valence-corrected chi connectivity index (χ1v) is 7.90. The van der Waals surface area contributed by atoms with Crippen LogP contribution in [0.25, 0.3) is 11.3 Å². The van der Waals surface area contributed by atoms with Gasteiger partial charge in [-0.05, 0) is 53.6 Å². The van der Waals surface area contributed by atoms with Gasteiger partial charge in [0.15, 0.2) is 0 Å². The second-order valence-corrected chi connectivity index (χ2v) is 6.34. The van der Waals surface area contributed by atoms with Crippen LogP contribution in [0.1, 0.15) is 12.8 Å². The van der Waals surface area contributed by atoms with Crippen molar-refractivity contribution in [3.63, 3.8) is 0 Å². The van der Waals surface area contributed by atoms with Crippen molar-refractivity contribution >= 4 is 28.5 Å². The normalized spacial score (nSPS) is 19.1. The second kappa shape index (κ2) is 6.05. The summed E-state index contributed by atoms with van der Waals surface area (Å²) < 4.78 is 1.22. The molecule has 0 saturated carbocycles. The van der Waals surface area contributed by atoms with Crippen LogP contribution in [0, 0.1) is 3.57 Å². The summed E-state index contributed by atoms with van der Waals surface area (Å²) in [6, 6.07) is 10.6. The number of hydrogen-bond donors (Lipinski definition) is 1. The van der Waals surface area contributed by atoms with Crippen LogP contribution in [0.5, 0.6) is 0 Å². The lowest BCUT2D eigenvalue weighted by Crippen LogP contribution is -2.43. The molecule has 1 aliphatic rings. The molecule has 0 amide bonds. The molecule has 1 fully saturated rings. The maximum Gasteiger partial charge on any atom is 0.225 e. The summed E-state index contributed by atoms with van der Waals surface area (Å²) in [5.41, 5.74) is 8.11. The average Bonchev–Trinajstić information content (AvgIpc) is 2.48. The quantitative estimate of drug-likeness (QED) is 0.815. The first-order chi connectivity index (χ1) is 9.72. The number of rotatable bonds is 2. The van der Waals surface area contributed by atoms with Gasteiger partial charge in [-0.1, -0.05) is 12.1 Å². The topological polar surface area (TPSA) is 55.0 Å². The van der Waals surface area contributed by atoms with Crippen LogP contribution < -0.4 is 10.6 Å². The van der Waals surface area contributed by atoms with Crippen molar-refractivity contribution in [2.24, 2.45) is 5.73 Å². The lowest BCUT2D eigenvalue weighted by atomic mass is 10.1. The van der Waals surface area contributed by atoms with Crippen LogP contribution in [-0.4, -0.2) is 29.1 Å². The molecule has 1 aromatic carbocycles. The van der Waals surface area contributed by atoms with Crippen LogP contribution in [-0.2, 0) is 0 Å². The van der Waals surface area contributed by atoms with Crippen molar-refractivity contribution in [3.05, 3.63) is 40.1 Å². The van der Waals surface area contributed by atoms with Crippen molar-refractivity contribution in [2.75, 3.05) is 18.0 Å². The molecule has 2 heterocycles. The van der Waals surface area contributed by atoms with E-state index in [1.807, 2.05) is 12.3 Å². The minimum Gasteiger partial charge on any atom is -0.339 e. The summed E-state index contributed by atoms with van der Waals surface area (Å²) in [5, 5.41) is 0. The van der Waals surface area contributed by atoms with E-state index >= 15 is 0 Å². The summed E-state index contributed by atoms with van der Waals surface area (Å²) >= 11 is 2.31. The maximum atomic E-state index is 6.03. The Morgan fingerprint density at radius 3 is 2.75 bits per heavy atom. The Bertz CT molecular complexity index is 585. The molecule has 0 spiro atoms. The van der Waals surface area contributed by atoms with Gasteiger partial charge >= 0.3 is 0 Å². The molecule has 2 N–H and O–H groups in total. The number of nitrogens with zero attached hydrogens (tertiary/aromatic N) is 3. The SMILES string of the molecule is NC1CCCN(c2nccc(-c3ccc(I)cc3)n2)C1. The van der Waals surface area contributed by atoms with E-state index in [0.29, 0.717) is 0 Å². The lowest BCUT2D eigenvalue weighted by Gasteiger charge is -2.30. The molecule has 1 atom stereocenters. The van der Waals surface area contributed by atoms with Crippen molar-refractivity contribution in [1.82, 2.24) is 9.97 Å². The molecular weight excluding hydrogens is 363 g/mol. The van der Waals surface area contributed by atoms with Gasteiger partial charge in [0.05, 0.1) is 5.69 Å². The van der Waals surface area contributed by atoms with E-state index in [2.05, 4.69) is 61.7 Å². The molecular formula is C15H17IN4. The minimum absolute atomic E-state index is 0.231. The Hall–Kier alpha value is -1.21. The molecule has 0 bridgehead atoms. The van der Waals surface area contributed by atoms with Gasteiger partial charge in [-0.2, -0.15) is 0 Å². The largest absolute Gasteiger partial charge is 0.339 e. The highest BCUT2D eigenvalue weighted by Crippen LogP contribution is 2.21. The molecule has 20 heavy (non-hydrogen) atoms. The smallest absolute Gasteiger partial charge is 0.225 e. The monoisotopic (exact) mass is 380 g/mol. The third-order valence-corrected chi connectivity index (χ3v) is 4.24. The molecule has 1 aromatic heterocycles. The van der Waals surface area contributed by atoms with Crippen molar-refractivity contribution in [2.45, 2.75) is 18.9 Å². The molecule has 104 valence electrons. The molecule has 1 aliphatic heterocycles. The Morgan fingerprint density at radius 2 is 2.00 bits per heavy atom. The number of benzene rings is 1. The highest BCUT2D eigenvalue weighted by molar-refractivity contribution is 14.1. The Labute approximate surface area is 132 Å². The van der Waals surface area contributed by atoms with Crippen molar-refractivity contribution in [3.8, 4) is 11.3 Å². The summed E-state index contributed by atoms with van der Waals surface area (Å²) in [4.78, 5) is 11.3. The number of nitrogens with two attached hydrogens (primary N) is 1. The van der Waals surface area contributed by atoms with Gasteiger partial charge in [0, 0.05) is 34.5 Å². The van der Waals surface area contributed by atoms with E-state index in [9.17, 15) is 0 Å². The average molecular weight is 380 g/mol. The minimum atomic E-state index is 0.231. The van der Waals surface area contributed by atoms with Crippen LogP contribution in [0.4, 0.5) is 5.95 Å². The van der Waals surface area contributed by atoms with Gasteiger partial charge in [-0.3, -0.25) is 0 Å². The fourth-order valence-electron chi connectivity index (χ4n) is 2.47. The fourth-order valence-corrected chi connectivity index (χ4v) is 2.83. The van der Waals surface area contributed by atoms with E-state index in [-0.39, 0.29) is 6.04 Å². The molecule has 4 nitrogen and oxygen atoms in total. The van der Waals surface area contributed by atoms with Gasteiger partial charge in [0.2, 0.25) is 5.95 Å². The van der Waals surface area contributed by atoms with Crippen LogP contribution in [0.15, 0.2) is 36.5 Å². The second-order valence-electron chi connectivity index (χ2n) is 5.10. The highest BCUT2D eigenvalue weighted by Gasteiger charge is 2.19. The van der Waals surface area contributed by atoms with E-state index in [0.717, 1.165) is 43.1 Å². The van der Waals surface area contributed by atoms with Crippen LogP contribution in [0.2, 0.25) is 0 Å². The van der Waals surface area contributed by atoms with Crippen LogP contribution >= 0.6 is 22.6 Å². The summed E-state index contributed by atoms with van der Waals surface area (Å²) in [6.07, 6.45) is 4.03. The van der Waals surface area contributed by atoms with Gasteiger partial charge in [0.1, 0.15) is 0 Å². The molecule has 1 unspecified atom stereocenters. The van der Waals surface area contributed by atoms with Gasteiger partial charge in [-0.15, -0.1) is 0 Å². The fraction of sp³-hybridized carbons (Fsp3) is 0.333. The zero-order valence-electron chi connectivity index (χ0n) is 11.2. The summed E-state index contributed by atoms with van der Waals surface area (Å²) in [5.74, 6) is 0.788. The number of piperidine rings is 1. The first-order valence-electron chi connectivity index (χ1n) is 6.82. The Kier molecular flexibility index (Phi) is 4.16. The van der Waals surface area contributed by atoms with Gasteiger partial charge in [0.25, 0.3) is 0 Å². The Balaban J connectivity index is 1.87. The van der Waals surface area contributed by atoms with E-state index < -0.39 is 0 Å². The third-order valence-electron chi connectivity index (χ3n) is 3.52.